The predicted molar refractivity (Wildman–Crippen MR) is 74.7 cm³/mol. The lowest BCUT2D eigenvalue weighted by Gasteiger charge is -2.03. The number of benzene rings is 2. The molecule has 18 heavy (non-hydrogen) atoms. The van der Waals surface area contributed by atoms with Crippen LogP contribution in [0.5, 0.6) is 0 Å². The van der Waals surface area contributed by atoms with Crippen LogP contribution < -0.4 is 0 Å². The summed E-state index contributed by atoms with van der Waals surface area (Å²) < 4.78 is 25.2. The molecule has 5 heteroatoms. The van der Waals surface area contributed by atoms with E-state index in [2.05, 4.69) is 0 Å². The van der Waals surface area contributed by atoms with E-state index in [9.17, 15) is 8.42 Å². The third kappa shape index (κ3) is 1.53. The van der Waals surface area contributed by atoms with Gasteiger partial charge < -0.3 is 0 Å². The molecule has 0 aliphatic heterocycles. The average Bonchev–Trinajstić information content (AvgIpc) is 2.63. The number of rotatable bonds is 1. The second kappa shape index (κ2) is 3.73. The minimum Gasteiger partial charge on any atom is -0.237 e. The summed E-state index contributed by atoms with van der Waals surface area (Å²) in [5.74, 6) is 0. The summed E-state index contributed by atoms with van der Waals surface area (Å²) in [5, 5.41) is 2.19. The maximum absolute atomic E-state index is 12.0. The molecule has 0 aliphatic carbocycles. The van der Waals surface area contributed by atoms with Crippen LogP contribution in [0.1, 0.15) is 0 Å². The first-order valence-electron chi connectivity index (χ1n) is 5.38. The van der Waals surface area contributed by atoms with Gasteiger partial charge in [0.15, 0.2) is 0 Å². The largest absolute Gasteiger partial charge is 0.237 e. The fourth-order valence-corrected chi connectivity index (χ4v) is 3.60. The van der Waals surface area contributed by atoms with Crippen LogP contribution >= 0.6 is 11.6 Å². The van der Waals surface area contributed by atoms with Crippen molar-refractivity contribution in [3.8, 4) is 0 Å². The van der Waals surface area contributed by atoms with Gasteiger partial charge in [0.05, 0.1) is 22.3 Å². The molecule has 0 N–H and O–H groups in total. The first kappa shape index (κ1) is 11.6. The molecule has 3 rings (SSSR count). The second-order valence-corrected chi connectivity index (χ2v) is 6.42. The van der Waals surface area contributed by atoms with Crippen LogP contribution in [0.2, 0.25) is 5.02 Å². The Morgan fingerprint density at radius 3 is 2.39 bits per heavy atom. The highest BCUT2D eigenvalue weighted by Gasteiger charge is 2.17. The highest BCUT2D eigenvalue weighted by molar-refractivity contribution is 7.89. The summed E-state index contributed by atoms with van der Waals surface area (Å²) in [6.45, 7) is 0. The van der Waals surface area contributed by atoms with E-state index in [1.165, 1.54) is 10.2 Å². The van der Waals surface area contributed by atoms with Crippen molar-refractivity contribution in [2.45, 2.75) is 0 Å². The molecule has 1 aromatic heterocycles. The fourth-order valence-electron chi connectivity index (χ4n) is 2.30. The van der Waals surface area contributed by atoms with Crippen LogP contribution in [0, 0.1) is 0 Å². The smallest absolute Gasteiger partial charge is 0.236 e. The normalized spacial score (nSPS) is 12.3. The number of hydrogen-bond acceptors (Lipinski definition) is 2. The maximum atomic E-state index is 12.0. The second-order valence-electron chi connectivity index (χ2n) is 4.18. The van der Waals surface area contributed by atoms with Crippen LogP contribution in [-0.2, 0) is 10.0 Å². The Balaban J connectivity index is 2.72. The number of fused-ring (bicyclic) bond motifs is 3. The summed E-state index contributed by atoms with van der Waals surface area (Å²) in [6.07, 6.45) is 1.19. The monoisotopic (exact) mass is 279 g/mol. The van der Waals surface area contributed by atoms with E-state index in [1.807, 2.05) is 18.2 Å². The van der Waals surface area contributed by atoms with Crippen molar-refractivity contribution in [1.29, 1.82) is 0 Å². The Hall–Kier alpha value is -1.52. The topological polar surface area (TPSA) is 39.1 Å². The number of nitrogens with zero attached hydrogens (tertiary/aromatic N) is 1. The van der Waals surface area contributed by atoms with E-state index in [0.29, 0.717) is 16.1 Å². The van der Waals surface area contributed by atoms with Gasteiger partial charge in [0, 0.05) is 10.8 Å². The van der Waals surface area contributed by atoms with Gasteiger partial charge >= 0.3 is 0 Å². The van der Waals surface area contributed by atoms with Gasteiger partial charge in [-0.1, -0.05) is 35.9 Å². The molecule has 0 amide bonds. The quantitative estimate of drug-likeness (QED) is 0.686. The molecule has 2 aromatic carbocycles. The van der Waals surface area contributed by atoms with Crippen molar-refractivity contribution in [3.05, 3.63) is 47.5 Å². The zero-order valence-electron chi connectivity index (χ0n) is 9.59. The molecular weight excluding hydrogens is 270 g/mol. The Morgan fingerprint density at radius 1 is 1.00 bits per heavy atom. The number of halogens is 1. The molecule has 0 saturated heterocycles. The van der Waals surface area contributed by atoms with E-state index in [4.69, 9.17) is 11.6 Å². The minimum atomic E-state index is -3.37. The van der Waals surface area contributed by atoms with Gasteiger partial charge in [-0.05, 0) is 18.2 Å². The van der Waals surface area contributed by atoms with Crippen LogP contribution in [0.15, 0.2) is 42.5 Å². The number of para-hydroxylation sites is 1. The molecule has 0 unspecified atom stereocenters. The molecule has 3 nitrogen and oxygen atoms in total. The lowest BCUT2D eigenvalue weighted by molar-refractivity contribution is 0.596. The zero-order valence-corrected chi connectivity index (χ0v) is 11.2. The lowest BCUT2D eigenvalue weighted by Crippen LogP contribution is -2.09. The Morgan fingerprint density at radius 2 is 1.67 bits per heavy atom. The summed E-state index contributed by atoms with van der Waals surface area (Å²) >= 11 is 6.19. The summed E-state index contributed by atoms with van der Waals surface area (Å²) in [7, 11) is -3.37. The van der Waals surface area contributed by atoms with Gasteiger partial charge in [-0.3, -0.25) is 0 Å². The fraction of sp³-hybridized carbons (Fsp3) is 0.0769. The molecule has 0 atom stereocenters. The van der Waals surface area contributed by atoms with Crippen LogP contribution in [-0.4, -0.2) is 18.6 Å². The van der Waals surface area contributed by atoms with E-state index >= 15 is 0 Å². The molecule has 0 saturated carbocycles. The maximum Gasteiger partial charge on any atom is 0.236 e. The molecule has 0 aliphatic rings. The van der Waals surface area contributed by atoms with Gasteiger partial charge in [-0.15, -0.1) is 0 Å². The molecule has 0 spiro atoms. The highest BCUT2D eigenvalue weighted by Crippen LogP contribution is 2.34. The summed E-state index contributed by atoms with van der Waals surface area (Å²) in [5.41, 5.74) is 1.27. The molecule has 0 bridgehead atoms. The first-order valence-corrected chi connectivity index (χ1v) is 7.61. The average molecular weight is 280 g/mol. The molecule has 3 aromatic rings. The van der Waals surface area contributed by atoms with Gasteiger partial charge in [0.2, 0.25) is 10.0 Å². The summed E-state index contributed by atoms with van der Waals surface area (Å²) in [4.78, 5) is 0. The van der Waals surface area contributed by atoms with Crippen molar-refractivity contribution in [2.24, 2.45) is 0 Å². The molecule has 1 heterocycles. The van der Waals surface area contributed by atoms with Crippen molar-refractivity contribution in [2.75, 3.05) is 6.26 Å². The van der Waals surface area contributed by atoms with E-state index in [-0.39, 0.29) is 0 Å². The SMILES string of the molecule is CS(=O)(=O)n1c2ccccc2c2c(Cl)cccc21. The zero-order chi connectivity index (χ0) is 12.9. The van der Waals surface area contributed by atoms with Crippen molar-refractivity contribution < 1.29 is 8.42 Å². The summed E-state index contributed by atoms with van der Waals surface area (Å²) in [6, 6.07) is 12.6. The standard InChI is InChI=1S/C13H10ClNO2S/c1-18(16,17)15-11-7-3-2-5-9(11)13-10(14)6-4-8-12(13)15/h2-8H,1H3. The lowest BCUT2D eigenvalue weighted by atomic mass is 10.1. The van der Waals surface area contributed by atoms with Crippen LogP contribution in [0.25, 0.3) is 21.8 Å². The molecule has 0 fully saturated rings. The van der Waals surface area contributed by atoms with Crippen molar-refractivity contribution in [3.63, 3.8) is 0 Å². The van der Waals surface area contributed by atoms with Gasteiger partial charge in [0.25, 0.3) is 0 Å². The van der Waals surface area contributed by atoms with E-state index in [0.717, 1.165) is 10.8 Å². The first-order chi connectivity index (χ1) is 8.50. The van der Waals surface area contributed by atoms with Gasteiger partial charge in [-0.25, -0.2) is 12.4 Å². The molecule has 0 radical (unpaired) electrons. The molecule has 92 valence electrons. The Kier molecular flexibility index (Phi) is 2.40. The van der Waals surface area contributed by atoms with Crippen LogP contribution in [0.3, 0.4) is 0 Å². The van der Waals surface area contributed by atoms with Gasteiger partial charge in [-0.2, -0.15) is 0 Å². The predicted octanol–water partition coefficient (Wildman–Crippen LogP) is 3.26. The number of hydrogen-bond donors (Lipinski definition) is 0. The Labute approximate surface area is 110 Å². The highest BCUT2D eigenvalue weighted by atomic mass is 35.5. The Bertz CT molecular complexity index is 865. The van der Waals surface area contributed by atoms with E-state index in [1.54, 1.807) is 24.3 Å². The van der Waals surface area contributed by atoms with Crippen molar-refractivity contribution in [1.82, 2.24) is 3.97 Å². The van der Waals surface area contributed by atoms with E-state index < -0.39 is 10.0 Å². The van der Waals surface area contributed by atoms with Crippen LogP contribution in [0.4, 0.5) is 0 Å². The number of aromatic nitrogens is 1. The third-order valence-electron chi connectivity index (χ3n) is 2.93. The third-order valence-corrected chi connectivity index (χ3v) is 4.31. The molecular formula is C13H10ClNO2S. The van der Waals surface area contributed by atoms with Gasteiger partial charge in [0.1, 0.15) is 0 Å². The van der Waals surface area contributed by atoms with Crippen molar-refractivity contribution >= 4 is 43.4 Å². The minimum absolute atomic E-state index is 0.561.